The van der Waals surface area contributed by atoms with Crippen LogP contribution in [0.4, 0.5) is 8.78 Å². The Labute approximate surface area is 174 Å². The predicted molar refractivity (Wildman–Crippen MR) is 105 cm³/mol. The molecule has 158 valence electrons. The summed E-state index contributed by atoms with van der Waals surface area (Å²) in [6, 6.07) is 9.29. The Morgan fingerprint density at radius 2 is 1.93 bits per heavy atom. The van der Waals surface area contributed by atoms with E-state index in [2.05, 4.69) is 9.84 Å². The minimum atomic E-state index is -3.08. The van der Waals surface area contributed by atoms with Crippen molar-refractivity contribution in [3.63, 3.8) is 0 Å². The number of alkyl halides is 2. The highest BCUT2D eigenvalue weighted by Crippen LogP contribution is 2.37. The monoisotopic (exact) mass is 438 g/mol. The van der Waals surface area contributed by atoms with Crippen molar-refractivity contribution in [3.05, 3.63) is 63.0 Å². The fourth-order valence-corrected chi connectivity index (χ4v) is 3.16. The molecule has 10 heteroatoms. The van der Waals surface area contributed by atoms with E-state index in [1.807, 2.05) is 0 Å². The van der Waals surface area contributed by atoms with Gasteiger partial charge in [-0.15, -0.1) is 0 Å². The van der Waals surface area contributed by atoms with Gasteiger partial charge in [-0.05, 0) is 30.7 Å². The van der Waals surface area contributed by atoms with Crippen LogP contribution < -0.4 is 15.0 Å². The molecule has 0 aliphatic carbocycles. The van der Waals surface area contributed by atoms with Crippen LogP contribution in [0, 0.1) is 0 Å². The van der Waals surface area contributed by atoms with Gasteiger partial charge in [0.1, 0.15) is 6.61 Å². The summed E-state index contributed by atoms with van der Waals surface area (Å²) in [5.41, 5.74) is 0.0680. The van der Waals surface area contributed by atoms with Gasteiger partial charge >= 0.3 is 12.6 Å². The van der Waals surface area contributed by atoms with Crippen LogP contribution in [0.25, 0.3) is 10.8 Å². The Kier molecular flexibility index (Phi) is 6.51. The second kappa shape index (κ2) is 9.08. The molecule has 30 heavy (non-hydrogen) atoms. The van der Waals surface area contributed by atoms with Gasteiger partial charge in [0.25, 0.3) is 5.56 Å². The predicted octanol–water partition coefficient (Wildman–Crippen LogP) is 4.04. The smallest absolute Gasteiger partial charge is 0.387 e. The third-order valence-corrected chi connectivity index (χ3v) is 4.51. The maximum Gasteiger partial charge on any atom is 0.387 e. The summed E-state index contributed by atoms with van der Waals surface area (Å²) in [6.07, 6.45) is 0. The van der Waals surface area contributed by atoms with Gasteiger partial charge in [0.05, 0.1) is 17.5 Å². The molecule has 3 aromatic rings. The number of hydrogen-bond donors (Lipinski definition) is 0. The lowest BCUT2D eigenvalue weighted by molar-refractivity contribution is -0.0511. The average Bonchev–Trinajstić information content (AvgIpc) is 2.73. The Bertz CT molecular complexity index is 1150. The molecule has 0 saturated heterocycles. The molecule has 0 unspecified atom stereocenters. The van der Waals surface area contributed by atoms with Gasteiger partial charge < -0.3 is 14.2 Å². The summed E-state index contributed by atoms with van der Waals surface area (Å²) in [4.78, 5) is 25.1. The van der Waals surface area contributed by atoms with Crippen molar-refractivity contribution in [2.75, 3.05) is 7.11 Å². The molecule has 0 radical (unpaired) electrons. The zero-order chi connectivity index (χ0) is 21.8. The molecule has 0 aliphatic heterocycles. The average molecular weight is 439 g/mol. The van der Waals surface area contributed by atoms with Crippen molar-refractivity contribution in [3.8, 4) is 11.5 Å². The van der Waals surface area contributed by atoms with Gasteiger partial charge in [-0.25, -0.2) is 9.48 Å². The van der Waals surface area contributed by atoms with E-state index in [0.717, 1.165) is 0 Å². The summed E-state index contributed by atoms with van der Waals surface area (Å²) in [5, 5.41) is 4.70. The molecule has 0 spiro atoms. The van der Waals surface area contributed by atoms with E-state index in [9.17, 15) is 18.4 Å². The van der Waals surface area contributed by atoms with Crippen molar-refractivity contribution in [1.82, 2.24) is 9.78 Å². The summed E-state index contributed by atoms with van der Waals surface area (Å²) >= 11 is 6.00. The lowest BCUT2D eigenvalue weighted by Gasteiger charge is -2.14. The van der Waals surface area contributed by atoms with Gasteiger partial charge in [-0.1, -0.05) is 29.8 Å². The van der Waals surface area contributed by atoms with E-state index >= 15 is 0 Å². The standard InChI is InChI=1S/C20H17ClF2N2O5/c1-3-25-18(26)13-7-5-4-6-12(13)16(24-25)19(27)29-10-11-8-14(21)17(30-20(22)23)15(9-11)28-2/h4-9,20H,3,10H2,1-2H3. The van der Waals surface area contributed by atoms with E-state index in [1.165, 1.54) is 23.9 Å². The van der Waals surface area contributed by atoms with Crippen molar-refractivity contribution in [2.45, 2.75) is 26.7 Å². The number of methoxy groups -OCH3 is 1. The molecule has 0 aliphatic rings. The SMILES string of the molecule is CCn1nc(C(=O)OCc2cc(Cl)c(OC(F)F)c(OC)c2)c2ccccc2c1=O. The molecule has 1 aromatic heterocycles. The van der Waals surface area contributed by atoms with E-state index in [1.54, 1.807) is 31.2 Å². The molecule has 0 amide bonds. The zero-order valence-corrected chi connectivity index (χ0v) is 16.8. The van der Waals surface area contributed by atoms with Crippen LogP contribution in [-0.2, 0) is 17.9 Å². The van der Waals surface area contributed by atoms with Gasteiger partial charge in [0.15, 0.2) is 17.2 Å². The third kappa shape index (κ3) is 4.35. The number of esters is 1. The number of ether oxygens (including phenoxy) is 3. The summed E-state index contributed by atoms with van der Waals surface area (Å²) in [7, 11) is 1.27. The van der Waals surface area contributed by atoms with Crippen LogP contribution in [0.15, 0.2) is 41.2 Å². The molecule has 3 rings (SSSR count). The molecular weight excluding hydrogens is 422 g/mol. The molecule has 7 nitrogen and oxygen atoms in total. The molecule has 0 bridgehead atoms. The minimum Gasteiger partial charge on any atom is -0.493 e. The number of aromatic nitrogens is 2. The molecule has 1 heterocycles. The topological polar surface area (TPSA) is 79.7 Å². The number of nitrogens with zero attached hydrogens (tertiary/aromatic N) is 2. The molecular formula is C20H17ClF2N2O5. The molecule has 0 fully saturated rings. The van der Waals surface area contributed by atoms with Crippen molar-refractivity contribution in [1.29, 1.82) is 0 Å². The molecule has 0 atom stereocenters. The Morgan fingerprint density at radius 3 is 2.57 bits per heavy atom. The number of carbonyl (C=O) groups excluding carboxylic acids is 1. The highest BCUT2D eigenvalue weighted by atomic mass is 35.5. The highest BCUT2D eigenvalue weighted by molar-refractivity contribution is 6.32. The lowest BCUT2D eigenvalue weighted by Crippen LogP contribution is -2.25. The van der Waals surface area contributed by atoms with Gasteiger partial charge in [-0.2, -0.15) is 13.9 Å². The van der Waals surface area contributed by atoms with Crippen molar-refractivity contribution >= 4 is 28.3 Å². The maximum atomic E-state index is 12.7. The largest absolute Gasteiger partial charge is 0.493 e. The molecule has 2 aromatic carbocycles. The lowest BCUT2D eigenvalue weighted by atomic mass is 10.1. The van der Waals surface area contributed by atoms with Crippen LogP contribution >= 0.6 is 11.6 Å². The van der Waals surface area contributed by atoms with Gasteiger partial charge in [0.2, 0.25) is 0 Å². The minimum absolute atomic E-state index is 0.0113. The number of hydrogen-bond acceptors (Lipinski definition) is 6. The van der Waals surface area contributed by atoms with Crippen LogP contribution in [0.1, 0.15) is 23.0 Å². The van der Waals surface area contributed by atoms with Gasteiger partial charge in [0, 0.05) is 11.9 Å². The van der Waals surface area contributed by atoms with Crippen LogP contribution in [0.5, 0.6) is 11.5 Å². The third-order valence-electron chi connectivity index (χ3n) is 4.23. The van der Waals surface area contributed by atoms with E-state index in [4.69, 9.17) is 21.1 Å². The van der Waals surface area contributed by atoms with Crippen molar-refractivity contribution in [2.24, 2.45) is 0 Å². The first-order valence-electron chi connectivity index (χ1n) is 8.83. The summed E-state index contributed by atoms with van der Waals surface area (Å²) in [5.74, 6) is -1.10. The second-order valence-electron chi connectivity index (χ2n) is 6.08. The van der Waals surface area contributed by atoms with E-state index in [0.29, 0.717) is 16.3 Å². The number of aryl methyl sites for hydroxylation is 1. The quantitative estimate of drug-likeness (QED) is 0.518. The number of halogens is 3. The van der Waals surface area contributed by atoms with Crippen molar-refractivity contribution < 1.29 is 27.8 Å². The Morgan fingerprint density at radius 1 is 1.23 bits per heavy atom. The maximum absolute atomic E-state index is 12.7. The van der Waals surface area contributed by atoms with E-state index < -0.39 is 12.6 Å². The number of carbonyl (C=O) groups is 1. The first kappa shape index (κ1) is 21.5. The fraction of sp³-hybridized carbons (Fsp3) is 0.250. The zero-order valence-electron chi connectivity index (χ0n) is 16.0. The Balaban J connectivity index is 1.89. The highest BCUT2D eigenvalue weighted by Gasteiger charge is 2.20. The summed E-state index contributed by atoms with van der Waals surface area (Å²) in [6.45, 7) is -1.29. The van der Waals surface area contributed by atoms with Crippen LogP contribution in [0.2, 0.25) is 5.02 Å². The fourth-order valence-electron chi connectivity index (χ4n) is 2.88. The number of rotatable bonds is 7. The number of fused-ring (bicyclic) bond motifs is 1. The van der Waals surface area contributed by atoms with Crippen LogP contribution in [0.3, 0.4) is 0 Å². The number of benzene rings is 2. The van der Waals surface area contributed by atoms with E-state index in [-0.39, 0.29) is 40.9 Å². The van der Waals surface area contributed by atoms with Gasteiger partial charge in [-0.3, -0.25) is 4.79 Å². The Hall–Kier alpha value is -3.20. The summed E-state index contributed by atoms with van der Waals surface area (Å²) < 4.78 is 41.0. The molecule has 0 saturated carbocycles. The first-order chi connectivity index (χ1) is 14.3. The normalized spacial score (nSPS) is 11.0. The molecule has 0 N–H and O–H groups in total. The van der Waals surface area contributed by atoms with Crippen LogP contribution in [-0.4, -0.2) is 29.5 Å². The first-order valence-corrected chi connectivity index (χ1v) is 9.21. The second-order valence-corrected chi connectivity index (χ2v) is 6.49.